The Bertz CT molecular complexity index is 437. The zero-order valence-electron chi connectivity index (χ0n) is 12.4. The Labute approximate surface area is 124 Å². The van der Waals surface area contributed by atoms with Crippen molar-refractivity contribution in [3.63, 3.8) is 0 Å². The van der Waals surface area contributed by atoms with Crippen LogP contribution < -0.4 is 5.32 Å². The average Bonchev–Trinajstić information content (AvgIpc) is 2.73. The summed E-state index contributed by atoms with van der Waals surface area (Å²) in [5, 5.41) is 3.27. The third-order valence-corrected chi connectivity index (χ3v) is 4.29. The molecule has 0 saturated heterocycles. The van der Waals surface area contributed by atoms with Gasteiger partial charge in [0.15, 0.2) is 0 Å². The molecule has 1 fully saturated rings. The molecule has 1 aromatic rings. The number of aromatic nitrogens is 1. The lowest BCUT2D eigenvalue weighted by atomic mass is 9.85. The molecule has 1 saturated carbocycles. The fraction of sp³-hybridized carbons (Fsp3) is 0.688. The predicted molar refractivity (Wildman–Crippen MR) is 76.8 cm³/mol. The SMILES string of the molecule is CCNC(c1cnccc1C(F)(F)F)C1CCCCCC1. The minimum absolute atomic E-state index is 0.251. The molecular weight excluding hydrogens is 277 g/mol. The maximum Gasteiger partial charge on any atom is 0.416 e. The van der Waals surface area contributed by atoms with Crippen LogP contribution in [0.5, 0.6) is 0 Å². The first-order chi connectivity index (χ1) is 10.0. The molecule has 0 spiro atoms. The van der Waals surface area contributed by atoms with E-state index < -0.39 is 11.7 Å². The molecule has 1 unspecified atom stereocenters. The molecule has 2 rings (SSSR count). The van der Waals surface area contributed by atoms with Crippen molar-refractivity contribution in [3.8, 4) is 0 Å². The molecule has 1 aliphatic rings. The van der Waals surface area contributed by atoms with Crippen molar-refractivity contribution in [2.75, 3.05) is 6.54 Å². The van der Waals surface area contributed by atoms with Gasteiger partial charge in [-0.25, -0.2) is 0 Å². The van der Waals surface area contributed by atoms with Crippen LogP contribution in [0.25, 0.3) is 0 Å². The molecule has 2 nitrogen and oxygen atoms in total. The molecule has 0 aliphatic heterocycles. The van der Waals surface area contributed by atoms with Crippen LogP contribution in [-0.2, 0) is 6.18 Å². The summed E-state index contributed by atoms with van der Waals surface area (Å²) >= 11 is 0. The van der Waals surface area contributed by atoms with E-state index in [0.29, 0.717) is 12.1 Å². The number of hydrogen-bond acceptors (Lipinski definition) is 2. The highest BCUT2D eigenvalue weighted by atomic mass is 19.4. The molecule has 0 radical (unpaired) electrons. The number of nitrogens with zero attached hydrogens (tertiary/aromatic N) is 1. The third-order valence-electron chi connectivity index (χ3n) is 4.29. The molecular formula is C16H23F3N2. The molecule has 1 atom stereocenters. The lowest BCUT2D eigenvalue weighted by molar-refractivity contribution is -0.138. The van der Waals surface area contributed by atoms with Gasteiger partial charge in [-0.15, -0.1) is 0 Å². The molecule has 0 aromatic carbocycles. The van der Waals surface area contributed by atoms with Gasteiger partial charge in [-0.2, -0.15) is 13.2 Å². The van der Waals surface area contributed by atoms with E-state index in [4.69, 9.17) is 0 Å². The van der Waals surface area contributed by atoms with Crippen molar-refractivity contribution in [2.24, 2.45) is 5.92 Å². The molecule has 1 heterocycles. The van der Waals surface area contributed by atoms with Crippen molar-refractivity contribution in [1.29, 1.82) is 0 Å². The fourth-order valence-electron chi connectivity index (χ4n) is 3.31. The number of pyridine rings is 1. The number of hydrogen-bond donors (Lipinski definition) is 1. The first-order valence-electron chi connectivity index (χ1n) is 7.78. The van der Waals surface area contributed by atoms with Gasteiger partial charge < -0.3 is 5.32 Å². The van der Waals surface area contributed by atoms with Crippen LogP contribution in [-0.4, -0.2) is 11.5 Å². The molecule has 1 N–H and O–H groups in total. The van der Waals surface area contributed by atoms with Crippen LogP contribution in [0, 0.1) is 5.92 Å². The summed E-state index contributed by atoms with van der Waals surface area (Å²) in [6.45, 7) is 2.60. The van der Waals surface area contributed by atoms with Gasteiger partial charge in [-0.3, -0.25) is 4.98 Å². The summed E-state index contributed by atoms with van der Waals surface area (Å²) in [5.74, 6) is 0.262. The molecule has 5 heteroatoms. The number of halogens is 3. The van der Waals surface area contributed by atoms with Crippen molar-refractivity contribution in [2.45, 2.75) is 57.7 Å². The van der Waals surface area contributed by atoms with Gasteiger partial charge in [0.25, 0.3) is 0 Å². The number of rotatable bonds is 4. The summed E-state index contributed by atoms with van der Waals surface area (Å²) in [6.07, 6.45) is 4.86. The summed E-state index contributed by atoms with van der Waals surface area (Å²) < 4.78 is 39.7. The van der Waals surface area contributed by atoms with Gasteiger partial charge in [0, 0.05) is 18.4 Å². The fourth-order valence-corrected chi connectivity index (χ4v) is 3.31. The minimum Gasteiger partial charge on any atom is -0.310 e. The molecule has 21 heavy (non-hydrogen) atoms. The quantitative estimate of drug-likeness (QED) is 0.814. The molecule has 0 bridgehead atoms. The van der Waals surface area contributed by atoms with Crippen molar-refractivity contribution in [3.05, 3.63) is 29.6 Å². The molecule has 1 aliphatic carbocycles. The molecule has 118 valence electrons. The van der Waals surface area contributed by atoms with Crippen LogP contribution in [0.1, 0.15) is 62.6 Å². The summed E-state index contributed by atoms with van der Waals surface area (Å²) in [5.41, 5.74) is -0.244. The lowest BCUT2D eigenvalue weighted by Crippen LogP contribution is -2.30. The predicted octanol–water partition coefficient (Wildman–Crippen LogP) is 4.72. The zero-order chi connectivity index (χ0) is 15.3. The van der Waals surface area contributed by atoms with E-state index in [9.17, 15) is 13.2 Å². The summed E-state index contributed by atoms with van der Waals surface area (Å²) in [4.78, 5) is 3.94. The maximum absolute atomic E-state index is 13.2. The van der Waals surface area contributed by atoms with Gasteiger partial charge in [-0.05, 0) is 36.9 Å². The second kappa shape index (κ2) is 7.25. The normalized spacial score (nSPS) is 19.2. The Morgan fingerprint density at radius 3 is 2.48 bits per heavy atom. The summed E-state index contributed by atoms with van der Waals surface area (Å²) in [6, 6.07) is 0.842. The highest BCUT2D eigenvalue weighted by Crippen LogP contribution is 2.39. The number of alkyl halides is 3. The van der Waals surface area contributed by atoms with Crippen LogP contribution in [0.15, 0.2) is 18.5 Å². The highest BCUT2D eigenvalue weighted by molar-refractivity contribution is 5.30. The van der Waals surface area contributed by atoms with E-state index in [0.717, 1.165) is 31.7 Å². The molecule has 0 amide bonds. The lowest BCUT2D eigenvalue weighted by Gasteiger charge is -2.29. The van der Waals surface area contributed by atoms with Crippen molar-refractivity contribution >= 4 is 0 Å². The van der Waals surface area contributed by atoms with Crippen molar-refractivity contribution in [1.82, 2.24) is 10.3 Å². The first kappa shape index (κ1) is 16.3. The van der Waals surface area contributed by atoms with Crippen molar-refractivity contribution < 1.29 is 13.2 Å². The highest BCUT2D eigenvalue weighted by Gasteiger charge is 2.37. The van der Waals surface area contributed by atoms with E-state index in [1.165, 1.54) is 25.2 Å². The standard InChI is InChI=1S/C16H23F3N2/c1-2-21-15(12-7-5-3-4-6-8-12)13-11-20-10-9-14(13)16(17,18)19/h9-12,15,21H,2-8H2,1H3. The van der Waals surface area contributed by atoms with Gasteiger partial charge in [-0.1, -0.05) is 32.6 Å². The zero-order valence-corrected chi connectivity index (χ0v) is 12.4. The second-order valence-corrected chi connectivity index (χ2v) is 5.75. The van der Waals surface area contributed by atoms with Gasteiger partial charge in [0.2, 0.25) is 0 Å². The van der Waals surface area contributed by atoms with Gasteiger partial charge in [0.05, 0.1) is 5.56 Å². The van der Waals surface area contributed by atoms with E-state index >= 15 is 0 Å². The van der Waals surface area contributed by atoms with E-state index in [-0.39, 0.29) is 12.0 Å². The van der Waals surface area contributed by atoms with Crippen LogP contribution in [0.2, 0.25) is 0 Å². The smallest absolute Gasteiger partial charge is 0.310 e. The first-order valence-corrected chi connectivity index (χ1v) is 7.78. The van der Waals surface area contributed by atoms with Gasteiger partial charge in [0.1, 0.15) is 0 Å². The largest absolute Gasteiger partial charge is 0.416 e. The monoisotopic (exact) mass is 300 g/mol. The van der Waals surface area contributed by atoms with E-state index in [1.807, 2.05) is 6.92 Å². The second-order valence-electron chi connectivity index (χ2n) is 5.75. The van der Waals surface area contributed by atoms with E-state index in [1.54, 1.807) is 0 Å². The van der Waals surface area contributed by atoms with Gasteiger partial charge >= 0.3 is 6.18 Å². The number of nitrogens with one attached hydrogen (secondary N) is 1. The summed E-state index contributed by atoms with van der Waals surface area (Å²) in [7, 11) is 0. The Balaban J connectivity index is 2.33. The van der Waals surface area contributed by atoms with Crippen LogP contribution >= 0.6 is 0 Å². The Morgan fingerprint density at radius 1 is 1.24 bits per heavy atom. The van der Waals surface area contributed by atoms with Crippen LogP contribution in [0.4, 0.5) is 13.2 Å². The third kappa shape index (κ3) is 4.19. The average molecular weight is 300 g/mol. The topological polar surface area (TPSA) is 24.9 Å². The Morgan fingerprint density at radius 2 is 1.90 bits per heavy atom. The minimum atomic E-state index is -4.32. The Hall–Kier alpha value is -1.10. The molecule has 1 aromatic heterocycles. The van der Waals surface area contributed by atoms with Crippen LogP contribution in [0.3, 0.4) is 0 Å². The maximum atomic E-state index is 13.2. The van der Waals surface area contributed by atoms with E-state index in [2.05, 4.69) is 10.3 Å². The Kier molecular flexibility index (Phi) is 5.62.